The molecule has 0 aromatic heterocycles. The molecule has 1 unspecified atom stereocenters. The third-order valence-electron chi connectivity index (χ3n) is 3.27. The summed E-state index contributed by atoms with van der Waals surface area (Å²) in [5, 5.41) is 14.5. The van der Waals surface area contributed by atoms with Crippen LogP contribution >= 0.6 is 0 Å². The molecule has 18 heavy (non-hydrogen) atoms. The molecular formula is C12H26N4O2. The van der Waals surface area contributed by atoms with Gasteiger partial charge < -0.3 is 21.2 Å². The van der Waals surface area contributed by atoms with E-state index in [9.17, 15) is 4.79 Å². The average molecular weight is 258 g/mol. The average Bonchev–Trinajstić information content (AvgIpc) is 2.32. The fourth-order valence-corrected chi connectivity index (χ4v) is 1.36. The number of carbonyl (C=O) groups is 1. The van der Waals surface area contributed by atoms with E-state index in [0.29, 0.717) is 13.0 Å². The molecule has 1 atom stereocenters. The number of likely N-dealkylation sites (N-methyl/N-ethyl adjacent to an activating group) is 1. The molecule has 0 bridgehead atoms. The first kappa shape index (κ1) is 16.7. The number of hydrogen-bond acceptors (Lipinski definition) is 4. The zero-order valence-electron chi connectivity index (χ0n) is 12.0. The number of nitrogens with two attached hydrogens (primary N) is 1. The molecule has 1 amide bonds. The van der Waals surface area contributed by atoms with E-state index in [2.05, 4.69) is 10.5 Å². The van der Waals surface area contributed by atoms with Gasteiger partial charge in [-0.25, -0.2) is 0 Å². The highest BCUT2D eigenvalue weighted by Gasteiger charge is 2.26. The van der Waals surface area contributed by atoms with Gasteiger partial charge in [-0.15, -0.1) is 0 Å². The third-order valence-corrected chi connectivity index (χ3v) is 3.27. The summed E-state index contributed by atoms with van der Waals surface area (Å²) >= 11 is 0. The number of carbonyl (C=O) groups excluding carboxylic acids is 1. The molecule has 0 aliphatic rings. The van der Waals surface area contributed by atoms with Crippen LogP contribution < -0.4 is 11.1 Å². The zero-order chi connectivity index (χ0) is 14.3. The summed E-state index contributed by atoms with van der Waals surface area (Å²) in [5.41, 5.74) is 5.39. The molecule has 0 heterocycles. The Labute approximate surface area is 109 Å². The van der Waals surface area contributed by atoms with E-state index in [4.69, 9.17) is 10.9 Å². The molecule has 0 spiro atoms. The largest absolute Gasteiger partial charge is 0.409 e. The smallest absolute Gasteiger partial charge is 0.230 e. The highest BCUT2D eigenvalue weighted by molar-refractivity contribution is 6.02. The molecule has 0 fully saturated rings. The molecule has 6 heteroatoms. The maximum absolute atomic E-state index is 12.0. The van der Waals surface area contributed by atoms with Crippen LogP contribution in [0.4, 0.5) is 0 Å². The van der Waals surface area contributed by atoms with Gasteiger partial charge in [-0.2, -0.15) is 0 Å². The van der Waals surface area contributed by atoms with Crippen molar-refractivity contribution in [2.75, 3.05) is 20.6 Å². The van der Waals surface area contributed by atoms with Crippen molar-refractivity contribution in [2.45, 2.75) is 39.2 Å². The second-order valence-electron chi connectivity index (χ2n) is 5.29. The van der Waals surface area contributed by atoms with Crippen molar-refractivity contribution in [2.24, 2.45) is 16.8 Å². The van der Waals surface area contributed by atoms with Crippen molar-refractivity contribution in [1.82, 2.24) is 10.2 Å². The first-order valence-corrected chi connectivity index (χ1v) is 6.18. The Kier molecular flexibility index (Phi) is 6.68. The molecule has 0 saturated carbocycles. The van der Waals surface area contributed by atoms with Gasteiger partial charge in [0.1, 0.15) is 0 Å². The topological polar surface area (TPSA) is 91.0 Å². The van der Waals surface area contributed by atoms with Crippen molar-refractivity contribution < 1.29 is 10.0 Å². The second-order valence-corrected chi connectivity index (χ2v) is 5.29. The van der Waals surface area contributed by atoms with E-state index >= 15 is 0 Å². The number of nitrogens with zero attached hydrogens (tertiary/aromatic N) is 2. The summed E-state index contributed by atoms with van der Waals surface area (Å²) in [4.78, 5) is 14.0. The molecule has 0 rings (SSSR count). The lowest BCUT2D eigenvalue weighted by Crippen LogP contribution is -2.50. The van der Waals surface area contributed by atoms with Crippen LogP contribution in [0.25, 0.3) is 0 Å². The minimum Gasteiger partial charge on any atom is -0.409 e. The maximum atomic E-state index is 12.0. The van der Waals surface area contributed by atoms with Crippen molar-refractivity contribution in [3.05, 3.63) is 0 Å². The molecule has 0 saturated heterocycles. The molecule has 0 aliphatic heterocycles. The molecule has 4 N–H and O–H groups in total. The number of oxime groups is 1. The van der Waals surface area contributed by atoms with Gasteiger partial charge >= 0.3 is 0 Å². The van der Waals surface area contributed by atoms with E-state index < -0.39 is 5.92 Å². The molecule has 106 valence electrons. The van der Waals surface area contributed by atoms with Gasteiger partial charge in [-0.05, 0) is 34.4 Å². The van der Waals surface area contributed by atoms with Gasteiger partial charge in [-0.1, -0.05) is 18.5 Å². The monoisotopic (exact) mass is 258 g/mol. The van der Waals surface area contributed by atoms with Crippen LogP contribution in [0.15, 0.2) is 5.16 Å². The first-order valence-electron chi connectivity index (χ1n) is 6.18. The van der Waals surface area contributed by atoms with Crippen molar-refractivity contribution in [3.8, 4) is 0 Å². The van der Waals surface area contributed by atoms with Crippen LogP contribution in [0.3, 0.4) is 0 Å². The lowest BCUT2D eigenvalue weighted by atomic mass is 10.00. The summed E-state index contributed by atoms with van der Waals surface area (Å²) in [5.74, 6) is -0.781. The number of amides is 1. The predicted octanol–water partition coefficient (Wildman–Crippen LogP) is 0.606. The highest BCUT2D eigenvalue weighted by atomic mass is 16.4. The summed E-state index contributed by atoms with van der Waals surface area (Å²) in [7, 11) is 3.92. The van der Waals surface area contributed by atoms with Crippen molar-refractivity contribution >= 4 is 11.7 Å². The fraction of sp³-hybridized carbons (Fsp3) is 0.833. The van der Waals surface area contributed by atoms with Crippen molar-refractivity contribution in [1.29, 1.82) is 0 Å². The second kappa shape index (κ2) is 7.20. The van der Waals surface area contributed by atoms with Crippen LogP contribution in [0, 0.1) is 5.92 Å². The van der Waals surface area contributed by atoms with E-state index in [1.807, 2.05) is 39.8 Å². The maximum Gasteiger partial charge on any atom is 0.230 e. The van der Waals surface area contributed by atoms with E-state index in [0.717, 1.165) is 6.42 Å². The van der Waals surface area contributed by atoms with Crippen molar-refractivity contribution in [3.63, 3.8) is 0 Å². The van der Waals surface area contributed by atoms with Crippen LogP contribution in [0.2, 0.25) is 0 Å². The third kappa shape index (κ3) is 4.91. The Balaban J connectivity index is 4.54. The molecule has 6 nitrogen and oxygen atoms in total. The summed E-state index contributed by atoms with van der Waals surface area (Å²) in [6, 6.07) is 0. The van der Waals surface area contributed by atoms with Crippen LogP contribution in [-0.2, 0) is 4.79 Å². The molecular weight excluding hydrogens is 232 g/mol. The van der Waals surface area contributed by atoms with Gasteiger partial charge in [-0.3, -0.25) is 4.79 Å². The van der Waals surface area contributed by atoms with Crippen LogP contribution in [0.5, 0.6) is 0 Å². The van der Waals surface area contributed by atoms with Gasteiger partial charge in [0.05, 0.1) is 5.92 Å². The number of nitrogens with one attached hydrogen (secondary N) is 1. The normalized spacial score (nSPS) is 14.7. The zero-order valence-corrected chi connectivity index (χ0v) is 12.0. The minimum atomic E-state index is -0.557. The minimum absolute atomic E-state index is 0.0305. The molecule has 0 aromatic carbocycles. The molecule has 0 aromatic rings. The Hall–Kier alpha value is -1.30. The lowest BCUT2D eigenvalue weighted by Gasteiger charge is -2.33. The number of rotatable bonds is 7. The van der Waals surface area contributed by atoms with Gasteiger partial charge in [0.2, 0.25) is 5.91 Å². The van der Waals surface area contributed by atoms with Gasteiger partial charge in [0, 0.05) is 12.1 Å². The number of amidine groups is 1. The van der Waals surface area contributed by atoms with E-state index in [-0.39, 0.29) is 17.3 Å². The van der Waals surface area contributed by atoms with E-state index in [1.54, 1.807) is 0 Å². The van der Waals surface area contributed by atoms with Crippen LogP contribution in [-0.4, -0.2) is 48.0 Å². The molecule has 0 aliphatic carbocycles. The Morgan fingerprint density at radius 3 is 2.44 bits per heavy atom. The quantitative estimate of drug-likeness (QED) is 0.270. The Morgan fingerprint density at radius 2 is 2.06 bits per heavy atom. The Bertz CT molecular complexity index is 300. The Morgan fingerprint density at radius 1 is 1.50 bits per heavy atom. The SMILES string of the molecule is CCCC(C(=O)NCC(C)(C)N(C)C)C(N)=NO. The van der Waals surface area contributed by atoms with Gasteiger partial charge in [0.15, 0.2) is 5.84 Å². The van der Waals surface area contributed by atoms with Crippen LogP contribution in [0.1, 0.15) is 33.6 Å². The summed E-state index contributed by atoms with van der Waals surface area (Å²) in [6.07, 6.45) is 1.37. The molecule has 0 radical (unpaired) electrons. The number of hydrogen-bond donors (Lipinski definition) is 3. The summed E-state index contributed by atoms with van der Waals surface area (Å²) in [6.45, 7) is 6.53. The highest BCUT2D eigenvalue weighted by Crippen LogP contribution is 2.10. The standard InChI is InChI=1S/C12H26N4O2/c1-6-7-9(10(13)15-18)11(17)14-8-12(2,3)16(4)5/h9,18H,6-8H2,1-5H3,(H2,13,15)(H,14,17). The van der Waals surface area contributed by atoms with E-state index in [1.165, 1.54) is 0 Å². The predicted molar refractivity (Wildman–Crippen MR) is 72.6 cm³/mol. The van der Waals surface area contributed by atoms with Gasteiger partial charge in [0.25, 0.3) is 0 Å². The first-order chi connectivity index (χ1) is 8.26. The summed E-state index contributed by atoms with van der Waals surface area (Å²) < 4.78 is 0. The fourth-order valence-electron chi connectivity index (χ4n) is 1.36. The lowest BCUT2D eigenvalue weighted by molar-refractivity contribution is -0.123.